The Kier molecular flexibility index (Phi) is 4.30. The van der Waals surface area contributed by atoms with E-state index in [1.54, 1.807) is 13.8 Å². The fraction of sp³-hybridized carbons (Fsp3) is 0.211. The van der Waals surface area contributed by atoms with Crippen molar-refractivity contribution in [1.29, 1.82) is 5.26 Å². The fourth-order valence-corrected chi connectivity index (χ4v) is 2.20. The lowest BCUT2D eigenvalue weighted by Gasteiger charge is -2.10. The summed E-state index contributed by atoms with van der Waals surface area (Å²) in [6.45, 7) is 3.62. The molecule has 0 atom stereocenters. The summed E-state index contributed by atoms with van der Waals surface area (Å²) >= 11 is 0. The average Bonchev–Trinajstić information content (AvgIpc) is 3.11. The number of nitriles is 1. The normalized spacial score (nSPS) is 11.0. The maximum Gasteiger partial charge on any atom is 0.253 e. The number of para-hydroxylation sites is 1. The van der Waals surface area contributed by atoms with Gasteiger partial charge in [-0.2, -0.15) is 5.26 Å². The Morgan fingerprint density at radius 1 is 1.04 bits per heavy atom. The van der Waals surface area contributed by atoms with Gasteiger partial charge in [0.15, 0.2) is 6.61 Å². The third kappa shape index (κ3) is 3.28. The van der Waals surface area contributed by atoms with Crippen LogP contribution in [0.5, 0.6) is 5.75 Å². The molecule has 1 heterocycles. The molecule has 0 saturated heterocycles. The second-order valence-corrected chi connectivity index (χ2v) is 5.89. The van der Waals surface area contributed by atoms with Gasteiger partial charge in [0.1, 0.15) is 11.2 Å². The van der Waals surface area contributed by atoms with Crippen molar-refractivity contribution >= 4 is 0 Å². The second kappa shape index (κ2) is 6.55. The Balaban J connectivity index is 1.78. The van der Waals surface area contributed by atoms with Crippen molar-refractivity contribution < 1.29 is 9.15 Å². The molecule has 0 radical (unpaired) electrons. The van der Waals surface area contributed by atoms with Gasteiger partial charge in [-0.1, -0.05) is 48.5 Å². The Morgan fingerprint density at radius 2 is 1.75 bits per heavy atom. The molecule has 0 bridgehead atoms. The molecule has 3 rings (SSSR count). The second-order valence-electron chi connectivity index (χ2n) is 5.89. The van der Waals surface area contributed by atoms with Crippen LogP contribution in [0.25, 0.3) is 11.1 Å². The van der Waals surface area contributed by atoms with Crippen LogP contribution in [0.3, 0.4) is 0 Å². The number of benzene rings is 2. The van der Waals surface area contributed by atoms with Gasteiger partial charge in [0, 0.05) is 5.56 Å². The van der Waals surface area contributed by atoms with E-state index >= 15 is 0 Å². The molecule has 0 fully saturated rings. The van der Waals surface area contributed by atoms with Crippen molar-refractivity contribution in [3.05, 3.63) is 66.4 Å². The Morgan fingerprint density at radius 3 is 2.50 bits per heavy atom. The summed E-state index contributed by atoms with van der Waals surface area (Å²) < 4.78 is 11.4. The molecule has 0 aliphatic rings. The van der Waals surface area contributed by atoms with E-state index in [0.717, 1.165) is 16.9 Å². The smallest absolute Gasteiger partial charge is 0.253 e. The molecule has 0 aliphatic carbocycles. The van der Waals surface area contributed by atoms with Crippen LogP contribution in [0.15, 0.2) is 59.0 Å². The van der Waals surface area contributed by atoms with Gasteiger partial charge in [-0.05, 0) is 25.5 Å². The molecule has 2 aromatic carbocycles. The van der Waals surface area contributed by atoms with Crippen LogP contribution in [-0.4, -0.2) is 10.2 Å². The zero-order valence-corrected chi connectivity index (χ0v) is 13.6. The number of hydrogen-bond acceptors (Lipinski definition) is 5. The van der Waals surface area contributed by atoms with E-state index in [0.29, 0.717) is 11.8 Å². The Labute approximate surface area is 140 Å². The van der Waals surface area contributed by atoms with E-state index in [1.807, 2.05) is 54.6 Å². The highest BCUT2D eigenvalue weighted by molar-refractivity contribution is 5.70. The van der Waals surface area contributed by atoms with Gasteiger partial charge in [-0.15, -0.1) is 10.2 Å². The lowest BCUT2D eigenvalue weighted by molar-refractivity contribution is 0.255. The topological polar surface area (TPSA) is 71.9 Å². The lowest BCUT2D eigenvalue weighted by atomic mass is 9.96. The van der Waals surface area contributed by atoms with Gasteiger partial charge < -0.3 is 9.15 Å². The van der Waals surface area contributed by atoms with Crippen LogP contribution in [0, 0.1) is 11.3 Å². The van der Waals surface area contributed by atoms with Crippen LogP contribution < -0.4 is 4.74 Å². The maximum atomic E-state index is 9.12. The van der Waals surface area contributed by atoms with Gasteiger partial charge in [0.25, 0.3) is 5.89 Å². The predicted octanol–water partition coefficient (Wildman–Crippen LogP) is 4.12. The van der Waals surface area contributed by atoms with Crippen LogP contribution in [-0.2, 0) is 12.0 Å². The molecule has 0 saturated carbocycles. The third-order valence-electron chi connectivity index (χ3n) is 3.60. The number of nitrogens with zero attached hydrogens (tertiary/aromatic N) is 3. The van der Waals surface area contributed by atoms with Gasteiger partial charge in [0.2, 0.25) is 5.89 Å². The highest BCUT2D eigenvalue weighted by Crippen LogP contribution is 2.30. The molecule has 5 nitrogen and oxygen atoms in total. The highest BCUT2D eigenvalue weighted by atomic mass is 16.5. The fourth-order valence-electron chi connectivity index (χ4n) is 2.20. The SMILES string of the molecule is CC(C)(C#N)c1nnc(COc2ccccc2-c2ccccc2)o1. The van der Waals surface area contributed by atoms with Crippen molar-refractivity contribution in [3.8, 4) is 22.9 Å². The molecule has 3 aromatic rings. The van der Waals surface area contributed by atoms with Gasteiger partial charge in [-0.3, -0.25) is 0 Å². The molecule has 120 valence electrons. The summed E-state index contributed by atoms with van der Waals surface area (Å²) in [5.74, 6) is 1.37. The Hall–Kier alpha value is -3.13. The molecule has 1 aromatic heterocycles. The summed E-state index contributed by atoms with van der Waals surface area (Å²) in [6, 6.07) is 19.9. The first kappa shape index (κ1) is 15.8. The first-order valence-electron chi connectivity index (χ1n) is 7.61. The van der Waals surface area contributed by atoms with Crippen LogP contribution >= 0.6 is 0 Å². The molecular weight excluding hydrogens is 302 g/mol. The summed E-state index contributed by atoms with van der Waals surface area (Å²) in [4.78, 5) is 0. The molecule has 0 spiro atoms. The van der Waals surface area contributed by atoms with Gasteiger partial charge >= 0.3 is 0 Å². The first-order valence-corrected chi connectivity index (χ1v) is 7.61. The van der Waals surface area contributed by atoms with E-state index in [4.69, 9.17) is 14.4 Å². The number of aromatic nitrogens is 2. The Bertz CT molecular complexity index is 864. The number of ether oxygens (including phenoxy) is 1. The predicted molar refractivity (Wildman–Crippen MR) is 89.1 cm³/mol. The van der Waals surface area contributed by atoms with Gasteiger partial charge in [0.05, 0.1) is 6.07 Å². The van der Waals surface area contributed by atoms with Crippen LogP contribution in [0.2, 0.25) is 0 Å². The standard InChI is InChI=1S/C19H17N3O2/c1-19(2,13-20)18-22-21-17(24-18)12-23-16-11-7-6-10-15(16)14-8-4-3-5-9-14/h3-11H,12H2,1-2H3. The van der Waals surface area contributed by atoms with Crippen molar-refractivity contribution in [3.63, 3.8) is 0 Å². The molecule has 0 aliphatic heterocycles. The molecule has 0 amide bonds. The zero-order chi connectivity index (χ0) is 17.0. The van der Waals surface area contributed by atoms with Crippen molar-refractivity contribution in [2.75, 3.05) is 0 Å². The minimum Gasteiger partial charge on any atom is -0.483 e. The third-order valence-corrected chi connectivity index (χ3v) is 3.60. The monoisotopic (exact) mass is 319 g/mol. The lowest BCUT2D eigenvalue weighted by Crippen LogP contribution is -2.14. The van der Waals surface area contributed by atoms with E-state index in [2.05, 4.69) is 16.3 Å². The average molecular weight is 319 g/mol. The molecule has 5 heteroatoms. The van der Waals surface area contributed by atoms with E-state index in [9.17, 15) is 0 Å². The van der Waals surface area contributed by atoms with E-state index in [1.165, 1.54) is 0 Å². The minimum absolute atomic E-state index is 0.151. The van der Waals surface area contributed by atoms with Crippen molar-refractivity contribution in [1.82, 2.24) is 10.2 Å². The molecule has 0 N–H and O–H groups in total. The summed E-state index contributed by atoms with van der Waals surface area (Å²) in [6.07, 6.45) is 0. The number of rotatable bonds is 5. The highest BCUT2D eigenvalue weighted by Gasteiger charge is 2.27. The summed E-state index contributed by atoms with van der Waals surface area (Å²) in [7, 11) is 0. The minimum atomic E-state index is -0.812. The first-order chi connectivity index (χ1) is 11.6. The van der Waals surface area contributed by atoms with Crippen molar-refractivity contribution in [2.45, 2.75) is 25.9 Å². The maximum absolute atomic E-state index is 9.12. The molecular formula is C19H17N3O2. The van der Waals surface area contributed by atoms with Crippen LogP contribution in [0.4, 0.5) is 0 Å². The van der Waals surface area contributed by atoms with Crippen molar-refractivity contribution in [2.24, 2.45) is 0 Å². The van der Waals surface area contributed by atoms with E-state index < -0.39 is 5.41 Å². The molecule has 0 unspecified atom stereocenters. The largest absolute Gasteiger partial charge is 0.483 e. The summed E-state index contributed by atoms with van der Waals surface area (Å²) in [5, 5.41) is 17.0. The number of hydrogen-bond donors (Lipinski definition) is 0. The van der Waals surface area contributed by atoms with Gasteiger partial charge in [-0.25, -0.2) is 0 Å². The van der Waals surface area contributed by atoms with E-state index in [-0.39, 0.29) is 6.61 Å². The summed E-state index contributed by atoms with van der Waals surface area (Å²) in [5.41, 5.74) is 1.26. The molecule has 24 heavy (non-hydrogen) atoms. The quantitative estimate of drug-likeness (QED) is 0.707. The van der Waals surface area contributed by atoms with Crippen LogP contribution in [0.1, 0.15) is 25.6 Å². The zero-order valence-electron chi connectivity index (χ0n) is 13.6.